The van der Waals surface area contributed by atoms with Crippen LogP contribution in [0.1, 0.15) is 33.8 Å². The molecule has 3 aromatic rings. The van der Waals surface area contributed by atoms with Crippen molar-refractivity contribution in [1.82, 2.24) is 14.5 Å². The summed E-state index contributed by atoms with van der Waals surface area (Å²) < 4.78 is 33.3. The van der Waals surface area contributed by atoms with E-state index in [1.807, 2.05) is 40.6 Å². The zero-order valence-corrected chi connectivity index (χ0v) is 19.6. The third-order valence-corrected chi connectivity index (χ3v) is 7.90. The number of ether oxygens (including phenoxy) is 1. The Hall–Kier alpha value is -2.49. The number of amides is 1. The van der Waals surface area contributed by atoms with Crippen molar-refractivity contribution < 1.29 is 17.9 Å². The number of carbonyl (C=O) groups is 1. The Morgan fingerprint density at radius 2 is 2.00 bits per heavy atom. The number of nitrogens with zero attached hydrogens (tertiary/aromatic N) is 3. The maximum absolute atomic E-state index is 13.2. The molecular formula is C23H27N3O4S2. The Balaban J connectivity index is 1.62. The molecule has 1 amide bonds. The first-order chi connectivity index (χ1) is 15.5. The van der Waals surface area contributed by atoms with Gasteiger partial charge in [-0.3, -0.25) is 4.79 Å². The van der Waals surface area contributed by atoms with Crippen LogP contribution in [0.2, 0.25) is 0 Å². The summed E-state index contributed by atoms with van der Waals surface area (Å²) in [5.41, 5.74) is 1.40. The summed E-state index contributed by atoms with van der Waals surface area (Å²) in [6.07, 6.45) is 3.82. The molecule has 1 aliphatic carbocycles. The third kappa shape index (κ3) is 5.46. The molecule has 7 nitrogen and oxygen atoms in total. The summed E-state index contributed by atoms with van der Waals surface area (Å²) in [4.78, 5) is 19.9. The predicted octanol–water partition coefficient (Wildman–Crippen LogP) is 3.62. The van der Waals surface area contributed by atoms with Crippen LogP contribution in [0, 0.1) is 5.92 Å². The summed E-state index contributed by atoms with van der Waals surface area (Å²) in [6.45, 7) is 1.67. The van der Waals surface area contributed by atoms with Crippen LogP contribution in [0.15, 0.2) is 59.2 Å². The minimum Gasteiger partial charge on any atom is -0.383 e. The minimum atomic E-state index is -3.67. The number of hydrogen-bond acceptors (Lipinski definition) is 6. The number of methoxy groups -OCH3 is 1. The fraction of sp³-hybridized carbons (Fsp3) is 0.391. The van der Waals surface area contributed by atoms with E-state index in [0.29, 0.717) is 48.3 Å². The van der Waals surface area contributed by atoms with Crippen molar-refractivity contribution in [2.75, 3.05) is 20.3 Å². The van der Waals surface area contributed by atoms with Crippen molar-refractivity contribution >= 4 is 27.1 Å². The smallest absolute Gasteiger partial charge is 0.264 e. The zero-order chi connectivity index (χ0) is 22.6. The molecule has 0 spiro atoms. The van der Waals surface area contributed by atoms with Crippen LogP contribution < -0.4 is 0 Å². The van der Waals surface area contributed by atoms with Crippen molar-refractivity contribution in [1.29, 1.82) is 0 Å². The van der Waals surface area contributed by atoms with Crippen LogP contribution in [-0.4, -0.2) is 49.0 Å². The fourth-order valence-electron chi connectivity index (χ4n) is 3.63. The van der Waals surface area contributed by atoms with E-state index in [1.165, 1.54) is 11.3 Å². The molecule has 32 heavy (non-hydrogen) atoms. The molecule has 1 aliphatic rings. The van der Waals surface area contributed by atoms with Gasteiger partial charge in [0, 0.05) is 20.2 Å². The molecule has 170 valence electrons. The number of thiophene rings is 1. The van der Waals surface area contributed by atoms with Crippen LogP contribution in [-0.2, 0) is 33.4 Å². The van der Waals surface area contributed by atoms with Crippen LogP contribution in [0.25, 0.3) is 0 Å². The number of rotatable bonds is 11. The Morgan fingerprint density at radius 3 is 2.66 bits per heavy atom. The number of carbonyl (C=O) groups excluding carboxylic acids is 1. The monoisotopic (exact) mass is 473 g/mol. The first-order valence-electron chi connectivity index (χ1n) is 10.6. The molecule has 2 heterocycles. The summed E-state index contributed by atoms with van der Waals surface area (Å²) in [5, 5.41) is 1.91. The molecule has 0 saturated heterocycles. The second-order valence-corrected chi connectivity index (χ2v) is 10.9. The molecule has 0 bridgehead atoms. The lowest BCUT2D eigenvalue weighted by Crippen LogP contribution is -2.33. The molecule has 9 heteroatoms. The molecule has 1 aromatic carbocycles. The van der Waals surface area contributed by atoms with Crippen LogP contribution in [0.4, 0.5) is 0 Å². The van der Waals surface area contributed by atoms with Crippen LogP contribution >= 0.6 is 11.3 Å². The normalized spacial score (nSPS) is 13.9. The number of imidazole rings is 1. The van der Waals surface area contributed by atoms with E-state index >= 15 is 0 Å². The topological polar surface area (TPSA) is 81.5 Å². The highest BCUT2D eigenvalue weighted by Crippen LogP contribution is 2.31. The second-order valence-electron chi connectivity index (χ2n) is 8.03. The molecule has 0 atom stereocenters. The average Bonchev–Trinajstić information content (AvgIpc) is 3.25. The quantitative estimate of drug-likeness (QED) is 0.425. The van der Waals surface area contributed by atoms with Crippen molar-refractivity contribution in [2.45, 2.75) is 36.8 Å². The number of hydrogen-bond donors (Lipinski definition) is 0. The molecule has 0 aliphatic heterocycles. The van der Waals surface area contributed by atoms with Gasteiger partial charge in [-0.15, -0.1) is 11.3 Å². The molecule has 4 rings (SSSR count). The Bertz CT molecular complexity index is 1140. The molecule has 0 N–H and O–H groups in total. The van der Waals surface area contributed by atoms with Gasteiger partial charge in [-0.25, -0.2) is 13.4 Å². The van der Waals surface area contributed by atoms with Crippen LogP contribution in [0.3, 0.4) is 0 Å². The average molecular weight is 474 g/mol. The van der Waals surface area contributed by atoms with Gasteiger partial charge in [-0.05, 0) is 35.8 Å². The van der Waals surface area contributed by atoms with E-state index in [2.05, 4.69) is 4.98 Å². The summed E-state index contributed by atoms with van der Waals surface area (Å²) in [5.74, 6) is 0.354. The van der Waals surface area contributed by atoms with Crippen molar-refractivity contribution in [3.8, 4) is 0 Å². The largest absolute Gasteiger partial charge is 0.383 e. The lowest BCUT2D eigenvalue weighted by Gasteiger charge is -2.23. The lowest BCUT2D eigenvalue weighted by atomic mass is 10.2. The molecule has 0 unspecified atom stereocenters. The van der Waals surface area contributed by atoms with E-state index in [4.69, 9.17) is 4.74 Å². The summed E-state index contributed by atoms with van der Waals surface area (Å²) >= 11 is 1.42. The fourth-order valence-corrected chi connectivity index (χ4v) is 5.84. The first kappa shape index (κ1) is 22.7. The molecule has 2 aromatic heterocycles. The van der Waals surface area contributed by atoms with Crippen molar-refractivity contribution in [3.05, 3.63) is 70.2 Å². The molecular weight excluding hydrogens is 446 g/mol. The van der Waals surface area contributed by atoms with Crippen molar-refractivity contribution in [2.24, 2.45) is 5.92 Å². The van der Waals surface area contributed by atoms with Gasteiger partial charge in [0.05, 0.1) is 35.7 Å². The number of sulfone groups is 1. The maximum Gasteiger partial charge on any atom is 0.264 e. The van der Waals surface area contributed by atoms with Gasteiger partial charge in [0.25, 0.3) is 5.91 Å². The molecule has 1 saturated carbocycles. The lowest BCUT2D eigenvalue weighted by molar-refractivity contribution is 0.0734. The highest BCUT2D eigenvalue weighted by molar-refractivity contribution is 7.90. The summed E-state index contributed by atoms with van der Waals surface area (Å²) in [6, 6.07) is 12.8. The van der Waals surface area contributed by atoms with Gasteiger partial charge < -0.3 is 14.2 Å². The SMILES string of the molecule is COCCn1c(CN(CC2CC2)C(=O)c2cccs2)cnc1S(=O)(=O)Cc1ccccc1. The predicted molar refractivity (Wildman–Crippen MR) is 123 cm³/mol. The summed E-state index contributed by atoms with van der Waals surface area (Å²) in [7, 11) is -2.09. The minimum absolute atomic E-state index is 0.0170. The van der Waals surface area contributed by atoms with Crippen LogP contribution in [0.5, 0.6) is 0 Å². The van der Waals surface area contributed by atoms with Gasteiger partial charge in [0.1, 0.15) is 0 Å². The zero-order valence-electron chi connectivity index (χ0n) is 18.0. The van der Waals surface area contributed by atoms with Gasteiger partial charge in [0.2, 0.25) is 15.0 Å². The Labute approximate surface area is 192 Å². The highest BCUT2D eigenvalue weighted by Gasteiger charge is 2.30. The third-order valence-electron chi connectivity index (χ3n) is 5.45. The standard InChI is InChI=1S/C23H27N3O4S2/c1-30-12-11-26-20(14-24-23(26)32(28,29)17-19-6-3-2-4-7-19)16-25(15-18-9-10-18)22(27)21-8-5-13-31-21/h2-8,13-14,18H,9-12,15-17H2,1H3. The Morgan fingerprint density at radius 1 is 1.22 bits per heavy atom. The number of aromatic nitrogens is 2. The first-order valence-corrected chi connectivity index (χ1v) is 13.1. The Kier molecular flexibility index (Phi) is 7.07. The second kappa shape index (κ2) is 9.97. The van der Waals surface area contributed by atoms with E-state index in [0.717, 1.165) is 12.8 Å². The van der Waals surface area contributed by atoms with Gasteiger partial charge in [-0.1, -0.05) is 36.4 Å². The van der Waals surface area contributed by atoms with E-state index in [-0.39, 0.29) is 16.8 Å². The molecule has 1 fully saturated rings. The van der Waals surface area contributed by atoms with Crippen molar-refractivity contribution in [3.63, 3.8) is 0 Å². The van der Waals surface area contributed by atoms with E-state index in [1.54, 1.807) is 30.0 Å². The van der Waals surface area contributed by atoms with Gasteiger partial charge >= 0.3 is 0 Å². The number of benzene rings is 1. The molecule has 0 radical (unpaired) electrons. The van der Waals surface area contributed by atoms with Gasteiger partial charge in [-0.2, -0.15) is 0 Å². The van der Waals surface area contributed by atoms with Gasteiger partial charge in [0.15, 0.2) is 0 Å². The highest BCUT2D eigenvalue weighted by atomic mass is 32.2. The maximum atomic E-state index is 13.2. The van der Waals surface area contributed by atoms with E-state index < -0.39 is 9.84 Å². The van der Waals surface area contributed by atoms with E-state index in [9.17, 15) is 13.2 Å².